The number of carboxylic acid groups (broad SMARTS) is 1. The van der Waals surface area contributed by atoms with Crippen LogP contribution in [-0.2, 0) is 16.6 Å². The predicted octanol–water partition coefficient (Wildman–Crippen LogP) is 4.23. The first kappa shape index (κ1) is 17.7. The van der Waals surface area contributed by atoms with Gasteiger partial charge in [0, 0.05) is 32.9 Å². The molecule has 25 heavy (non-hydrogen) atoms. The van der Waals surface area contributed by atoms with Gasteiger partial charge in [0.25, 0.3) is 0 Å². The van der Waals surface area contributed by atoms with E-state index in [1.807, 2.05) is 6.07 Å². The number of ether oxygens (including phenoxy) is 1. The molecular weight excluding hydrogens is 340 g/mol. The van der Waals surface area contributed by atoms with Gasteiger partial charge in [0.2, 0.25) is 0 Å². The quantitative estimate of drug-likeness (QED) is 0.832. The van der Waals surface area contributed by atoms with Crippen LogP contribution in [0.1, 0.15) is 48.0 Å². The molecule has 1 atom stereocenters. The molecule has 134 valence electrons. The Bertz CT molecular complexity index is 760. The molecule has 1 aliphatic carbocycles. The van der Waals surface area contributed by atoms with Crippen molar-refractivity contribution in [2.75, 3.05) is 7.11 Å². The highest BCUT2D eigenvalue weighted by Gasteiger charge is 2.25. The highest BCUT2D eigenvalue weighted by molar-refractivity contribution is 7.84. The van der Waals surface area contributed by atoms with E-state index in [4.69, 9.17) is 9.15 Å². The largest absolute Gasteiger partial charge is 0.495 e. The molecule has 2 aromatic rings. The number of rotatable bonds is 6. The van der Waals surface area contributed by atoms with Gasteiger partial charge in [0.05, 0.1) is 19.6 Å². The van der Waals surface area contributed by atoms with E-state index in [0.29, 0.717) is 11.1 Å². The second-order valence-corrected chi connectivity index (χ2v) is 8.00. The molecule has 6 heteroatoms. The van der Waals surface area contributed by atoms with Crippen LogP contribution in [0.2, 0.25) is 0 Å². The van der Waals surface area contributed by atoms with Crippen molar-refractivity contribution >= 4 is 16.8 Å². The van der Waals surface area contributed by atoms with E-state index in [-0.39, 0.29) is 22.3 Å². The van der Waals surface area contributed by atoms with Gasteiger partial charge >= 0.3 is 5.97 Å². The van der Waals surface area contributed by atoms with Crippen LogP contribution in [-0.4, -0.2) is 27.6 Å². The summed E-state index contributed by atoms with van der Waals surface area (Å²) in [6.45, 7) is 0. The van der Waals surface area contributed by atoms with E-state index in [1.54, 1.807) is 18.4 Å². The fourth-order valence-electron chi connectivity index (χ4n) is 3.43. The Morgan fingerprint density at radius 2 is 2.04 bits per heavy atom. The Balaban J connectivity index is 1.96. The summed E-state index contributed by atoms with van der Waals surface area (Å²) in [5, 5.41) is 9.88. The van der Waals surface area contributed by atoms with Crippen molar-refractivity contribution in [2.45, 2.75) is 43.1 Å². The molecule has 0 spiro atoms. The van der Waals surface area contributed by atoms with E-state index in [0.717, 1.165) is 31.2 Å². The molecule has 1 unspecified atom stereocenters. The number of hydrogen-bond acceptors (Lipinski definition) is 4. The zero-order valence-electron chi connectivity index (χ0n) is 14.2. The Morgan fingerprint density at radius 1 is 1.28 bits per heavy atom. The van der Waals surface area contributed by atoms with Gasteiger partial charge in [-0.1, -0.05) is 31.4 Å². The van der Waals surface area contributed by atoms with E-state index in [9.17, 15) is 14.1 Å². The van der Waals surface area contributed by atoms with Gasteiger partial charge in [-0.3, -0.25) is 4.21 Å². The molecule has 0 amide bonds. The SMILES string of the molecule is COc1c(-c2ccoc2)ccc(CS(=O)C2CCCCC2)c1C(=O)O. The topological polar surface area (TPSA) is 76.7 Å². The van der Waals surface area contributed by atoms with Gasteiger partial charge < -0.3 is 14.3 Å². The third kappa shape index (κ3) is 3.79. The minimum absolute atomic E-state index is 0.0883. The van der Waals surface area contributed by atoms with Crippen LogP contribution < -0.4 is 4.74 Å². The van der Waals surface area contributed by atoms with Gasteiger partial charge in [-0.15, -0.1) is 0 Å². The maximum Gasteiger partial charge on any atom is 0.339 e. The van der Waals surface area contributed by atoms with Crippen molar-refractivity contribution in [3.05, 3.63) is 41.9 Å². The highest BCUT2D eigenvalue weighted by atomic mass is 32.2. The summed E-state index contributed by atoms with van der Waals surface area (Å²) < 4.78 is 23.2. The normalized spacial score (nSPS) is 16.5. The summed E-state index contributed by atoms with van der Waals surface area (Å²) >= 11 is 0. The third-order valence-electron chi connectivity index (χ3n) is 4.72. The van der Waals surface area contributed by atoms with Crippen molar-refractivity contribution in [3.8, 4) is 16.9 Å². The lowest BCUT2D eigenvalue weighted by Crippen LogP contribution is -2.21. The zero-order valence-corrected chi connectivity index (χ0v) is 15.0. The van der Waals surface area contributed by atoms with Gasteiger partial charge in [-0.25, -0.2) is 4.79 Å². The van der Waals surface area contributed by atoms with Crippen LogP contribution in [0.25, 0.3) is 11.1 Å². The second kappa shape index (κ2) is 7.87. The molecule has 1 aromatic carbocycles. The summed E-state index contributed by atoms with van der Waals surface area (Å²) in [5.41, 5.74) is 2.05. The first-order chi connectivity index (χ1) is 12.1. The van der Waals surface area contributed by atoms with Crippen LogP contribution >= 0.6 is 0 Å². The molecule has 5 nitrogen and oxygen atoms in total. The van der Waals surface area contributed by atoms with E-state index in [2.05, 4.69) is 0 Å². The Kier molecular flexibility index (Phi) is 5.58. The van der Waals surface area contributed by atoms with Gasteiger partial charge in [-0.2, -0.15) is 0 Å². The minimum atomic E-state index is -1.08. The number of carboxylic acids is 1. The van der Waals surface area contributed by atoms with Crippen molar-refractivity contribution < 1.29 is 23.3 Å². The van der Waals surface area contributed by atoms with Crippen LogP contribution in [0.3, 0.4) is 0 Å². The number of hydrogen-bond donors (Lipinski definition) is 1. The van der Waals surface area contributed by atoms with Crippen LogP contribution in [0, 0.1) is 0 Å². The average Bonchev–Trinajstić information content (AvgIpc) is 3.16. The van der Waals surface area contributed by atoms with E-state index in [1.165, 1.54) is 19.8 Å². The fraction of sp³-hybridized carbons (Fsp3) is 0.421. The predicted molar refractivity (Wildman–Crippen MR) is 96.4 cm³/mol. The molecule has 1 heterocycles. The number of benzene rings is 1. The molecule has 3 rings (SSSR count). The first-order valence-corrected chi connectivity index (χ1v) is 9.83. The van der Waals surface area contributed by atoms with Gasteiger partial charge in [0.15, 0.2) is 0 Å². The molecule has 0 bridgehead atoms. The number of furan rings is 1. The molecule has 1 fully saturated rings. The highest BCUT2D eigenvalue weighted by Crippen LogP contribution is 2.36. The smallest absolute Gasteiger partial charge is 0.339 e. The maximum atomic E-state index is 12.7. The molecule has 0 saturated heterocycles. The van der Waals surface area contributed by atoms with Crippen LogP contribution in [0.4, 0.5) is 0 Å². The monoisotopic (exact) mass is 362 g/mol. The lowest BCUT2D eigenvalue weighted by molar-refractivity contribution is 0.0692. The number of carbonyl (C=O) groups is 1. The summed E-state index contributed by atoms with van der Waals surface area (Å²) in [7, 11) is 0.376. The minimum Gasteiger partial charge on any atom is -0.495 e. The summed E-state index contributed by atoms with van der Waals surface area (Å²) in [6.07, 6.45) is 8.39. The van der Waals surface area contributed by atoms with Crippen LogP contribution in [0.5, 0.6) is 5.75 Å². The summed E-state index contributed by atoms with van der Waals surface area (Å²) in [4.78, 5) is 11.9. The average molecular weight is 362 g/mol. The van der Waals surface area contributed by atoms with E-state index < -0.39 is 16.8 Å². The summed E-state index contributed by atoms with van der Waals surface area (Å²) in [5.74, 6) is -0.543. The zero-order chi connectivity index (χ0) is 17.8. The molecule has 1 N–H and O–H groups in total. The van der Waals surface area contributed by atoms with E-state index >= 15 is 0 Å². The third-order valence-corrected chi connectivity index (χ3v) is 6.53. The molecule has 0 aliphatic heterocycles. The Hall–Kier alpha value is -2.08. The number of methoxy groups -OCH3 is 1. The first-order valence-electron chi connectivity index (χ1n) is 8.44. The van der Waals surface area contributed by atoms with Crippen molar-refractivity contribution in [2.24, 2.45) is 0 Å². The number of aromatic carboxylic acids is 1. The lowest BCUT2D eigenvalue weighted by atomic mass is 9.99. The van der Waals surface area contributed by atoms with Crippen molar-refractivity contribution in [1.29, 1.82) is 0 Å². The van der Waals surface area contributed by atoms with Crippen molar-refractivity contribution in [3.63, 3.8) is 0 Å². The standard InChI is InChI=1S/C19H22O5S/c1-23-18-16(13-9-10-24-11-13)8-7-14(17(18)19(20)21)12-25(22)15-5-3-2-4-6-15/h7-11,15H,2-6,12H2,1H3,(H,20,21). The molecular formula is C19H22O5S. The molecule has 1 saturated carbocycles. The lowest BCUT2D eigenvalue weighted by Gasteiger charge is -2.22. The van der Waals surface area contributed by atoms with Crippen LogP contribution in [0.15, 0.2) is 35.1 Å². The molecule has 0 radical (unpaired) electrons. The maximum absolute atomic E-state index is 12.7. The second-order valence-electron chi connectivity index (χ2n) is 6.28. The summed E-state index contributed by atoms with van der Waals surface area (Å²) in [6, 6.07) is 5.31. The van der Waals surface area contributed by atoms with Gasteiger partial charge in [-0.05, 0) is 24.5 Å². The Morgan fingerprint density at radius 3 is 2.64 bits per heavy atom. The molecule has 1 aromatic heterocycles. The van der Waals surface area contributed by atoms with Crippen molar-refractivity contribution in [1.82, 2.24) is 0 Å². The Labute approximate surface area is 149 Å². The fourth-order valence-corrected chi connectivity index (χ4v) is 5.08. The molecule has 1 aliphatic rings. The van der Waals surface area contributed by atoms with Gasteiger partial charge in [0.1, 0.15) is 11.3 Å².